The Bertz CT molecular complexity index is 613. The van der Waals surface area contributed by atoms with Crippen molar-refractivity contribution >= 4 is 12.2 Å². The molecule has 1 aliphatic carbocycles. The predicted octanol–water partition coefficient (Wildman–Crippen LogP) is 2.47. The van der Waals surface area contributed by atoms with Crippen molar-refractivity contribution in [2.24, 2.45) is 0 Å². The molecule has 0 fully saturated rings. The molecule has 0 aromatic carbocycles. The zero-order valence-electron chi connectivity index (χ0n) is 13.4. The van der Waals surface area contributed by atoms with Crippen molar-refractivity contribution in [3.05, 3.63) is 23.0 Å². The van der Waals surface area contributed by atoms with Crippen LogP contribution < -0.4 is 0 Å². The van der Waals surface area contributed by atoms with Crippen LogP contribution in [0.5, 0.6) is 0 Å². The highest BCUT2D eigenvalue weighted by Crippen LogP contribution is 2.32. The Morgan fingerprint density at radius 2 is 2.18 bits per heavy atom. The molecular weight excluding hydrogens is 282 g/mol. The molecule has 6 heteroatoms. The molecule has 0 radical (unpaired) electrons. The minimum absolute atomic E-state index is 0.313. The highest BCUT2D eigenvalue weighted by molar-refractivity contribution is 5.68. The summed E-state index contributed by atoms with van der Waals surface area (Å²) in [5, 5.41) is 14.9. The zero-order valence-corrected chi connectivity index (χ0v) is 13.4. The molecule has 0 saturated heterocycles. The molecule has 2 aliphatic rings. The number of aliphatic hydroxyl groups excluding tert-OH is 1. The van der Waals surface area contributed by atoms with Gasteiger partial charge < -0.3 is 14.7 Å². The number of amides is 1. The van der Waals surface area contributed by atoms with E-state index in [-0.39, 0.29) is 6.09 Å². The zero-order chi connectivity index (χ0) is 15.9. The van der Waals surface area contributed by atoms with Crippen LogP contribution in [0, 0.1) is 0 Å². The monoisotopic (exact) mass is 305 g/mol. The molecule has 1 N–H and O–H groups in total. The van der Waals surface area contributed by atoms with Crippen LogP contribution in [0.25, 0.3) is 6.08 Å². The minimum Gasteiger partial charge on any atom is -0.444 e. The summed E-state index contributed by atoms with van der Waals surface area (Å²) in [4.78, 5) is 13.9. The van der Waals surface area contributed by atoms with E-state index in [4.69, 9.17) is 4.74 Å². The second kappa shape index (κ2) is 5.43. The topological polar surface area (TPSA) is 67.6 Å². The van der Waals surface area contributed by atoms with Gasteiger partial charge in [0.2, 0.25) is 0 Å². The molecule has 3 rings (SSSR count). The maximum Gasteiger partial charge on any atom is 0.410 e. The lowest BCUT2D eigenvalue weighted by atomic mass is 10.0. The van der Waals surface area contributed by atoms with Crippen LogP contribution in [-0.4, -0.2) is 38.0 Å². The van der Waals surface area contributed by atoms with Gasteiger partial charge in [0.05, 0.1) is 30.6 Å². The Hall–Kier alpha value is -1.82. The van der Waals surface area contributed by atoms with Crippen molar-refractivity contribution in [3.63, 3.8) is 0 Å². The quantitative estimate of drug-likeness (QED) is 0.799. The van der Waals surface area contributed by atoms with Gasteiger partial charge in [-0.3, -0.25) is 4.68 Å². The Balaban J connectivity index is 1.85. The number of carbonyl (C=O) groups is 1. The highest BCUT2D eigenvalue weighted by Gasteiger charge is 2.31. The minimum atomic E-state index is -0.521. The number of carbonyl (C=O) groups excluding carboxylic acids is 1. The van der Waals surface area contributed by atoms with Crippen LogP contribution in [0.15, 0.2) is 6.08 Å². The normalized spacial score (nSPS) is 21.1. The van der Waals surface area contributed by atoms with E-state index in [2.05, 4.69) is 5.10 Å². The summed E-state index contributed by atoms with van der Waals surface area (Å²) >= 11 is 0. The molecule has 1 aromatic rings. The van der Waals surface area contributed by atoms with Crippen LogP contribution in [0.1, 0.15) is 56.7 Å². The van der Waals surface area contributed by atoms with Crippen LogP contribution in [-0.2, 0) is 17.8 Å². The largest absolute Gasteiger partial charge is 0.444 e. The lowest BCUT2D eigenvalue weighted by molar-refractivity contribution is 0.0191. The number of fused-ring (bicyclic) bond motifs is 3. The van der Waals surface area contributed by atoms with Crippen LogP contribution in [0.2, 0.25) is 0 Å². The van der Waals surface area contributed by atoms with Crippen molar-refractivity contribution in [2.45, 2.75) is 58.4 Å². The van der Waals surface area contributed by atoms with E-state index in [0.717, 1.165) is 23.4 Å². The first-order valence-corrected chi connectivity index (χ1v) is 7.77. The fraction of sp³-hybridized carbons (Fsp3) is 0.625. The van der Waals surface area contributed by atoms with E-state index in [1.165, 1.54) is 0 Å². The number of aromatic nitrogens is 2. The molecule has 1 atom stereocenters. The van der Waals surface area contributed by atoms with Gasteiger partial charge in [-0.25, -0.2) is 4.79 Å². The Labute approximate surface area is 130 Å². The number of aliphatic hydroxyl groups is 1. The van der Waals surface area contributed by atoms with E-state index in [1.807, 2.05) is 37.6 Å². The summed E-state index contributed by atoms with van der Waals surface area (Å²) in [6.45, 7) is 7.21. The molecule has 1 amide bonds. The van der Waals surface area contributed by atoms with Gasteiger partial charge >= 0.3 is 6.09 Å². The standard InChI is InChI=1S/C16H23N3O3/c1-16(2,3)22-15(21)18-8-9-19-12(10-18)14-11(17-19)6-4-5-7-13(14)20/h4,6,13,20H,5,7-10H2,1-3H3. The smallest absolute Gasteiger partial charge is 0.410 e. The van der Waals surface area contributed by atoms with Gasteiger partial charge in [0.15, 0.2) is 0 Å². The summed E-state index contributed by atoms with van der Waals surface area (Å²) in [6.07, 6.45) is 4.70. The molecule has 1 aromatic heterocycles. The van der Waals surface area contributed by atoms with Gasteiger partial charge in [-0.05, 0) is 39.7 Å². The molecule has 1 unspecified atom stereocenters. The number of ether oxygens (including phenoxy) is 1. The fourth-order valence-electron chi connectivity index (χ4n) is 2.92. The van der Waals surface area contributed by atoms with Crippen molar-refractivity contribution < 1.29 is 14.6 Å². The number of allylic oxidation sites excluding steroid dienone is 1. The molecule has 0 saturated carbocycles. The molecule has 120 valence electrons. The third-order valence-corrected chi connectivity index (χ3v) is 3.92. The summed E-state index contributed by atoms with van der Waals surface area (Å²) in [5.41, 5.74) is 2.10. The second-order valence-corrected chi connectivity index (χ2v) is 6.87. The maximum absolute atomic E-state index is 12.3. The molecule has 2 heterocycles. The summed E-state index contributed by atoms with van der Waals surface area (Å²) in [6, 6.07) is 0. The van der Waals surface area contributed by atoms with Crippen LogP contribution in [0.4, 0.5) is 4.79 Å². The first-order valence-electron chi connectivity index (χ1n) is 7.77. The van der Waals surface area contributed by atoms with Crippen LogP contribution in [0.3, 0.4) is 0 Å². The van der Waals surface area contributed by atoms with E-state index >= 15 is 0 Å². The van der Waals surface area contributed by atoms with E-state index in [0.29, 0.717) is 26.1 Å². The number of hydrogen-bond donors (Lipinski definition) is 1. The number of rotatable bonds is 0. The maximum atomic E-state index is 12.3. The lowest BCUT2D eigenvalue weighted by Gasteiger charge is -2.31. The van der Waals surface area contributed by atoms with Gasteiger partial charge in [0, 0.05) is 12.1 Å². The van der Waals surface area contributed by atoms with Gasteiger partial charge in [-0.15, -0.1) is 0 Å². The predicted molar refractivity (Wildman–Crippen MR) is 82.1 cm³/mol. The first-order chi connectivity index (χ1) is 10.3. The van der Waals surface area contributed by atoms with Crippen molar-refractivity contribution in [3.8, 4) is 0 Å². The third-order valence-electron chi connectivity index (χ3n) is 3.92. The van der Waals surface area contributed by atoms with Crippen LogP contribution >= 0.6 is 0 Å². The van der Waals surface area contributed by atoms with E-state index in [1.54, 1.807) is 4.90 Å². The molecular formula is C16H23N3O3. The third kappa shape index (κ3) is 2.88. The average Bonchev–Trinajstić information content (AvgIpc) is 2.68. The average molecular weight is 305 g/mol. The Morgan fingerprint density at radius 3 is 2.91 bits per heavy atom. The Kier molecular flexibility index (Phi) is 3.72. The highest BCUT2D eigenvalue weighted by atomic mass is 16.6. The second-order valence-electron chi connectivity index (χ2n) is 6.87. The number of nitrogens with zero attached hydrogens (tertiary/aromatic N) is 3. The molecule has 1 aliphatic heterocycles. The van der Waals surface area contributed by atoms with Crippen molar-refractivity contribution in [1.29, 1.82) is 0 Å². The van der Waals surface area contributed by atoms with E-state index < -0.39 is 11.7 Å². The van der Waals surface area contributed by atoms with Gasteiger partial charge in [0.1, 0.15) is 5.60 Å². The summed E-state index contributed by atoms with van der Waals surface area (Å²) in [7, 11) is 0. The van der Waals surface area contributed by atoms with Gasteiger partial charge in [-0.1, -0.05) is 6.08 Å². The molecule has 6 nitrogen and oxygen atoms in total. The summed E-state index contributed by atoms with van der Waals surface area (Å²) in [5.74, 6) is 0. The SMILES string of the molecule is CC(C)(C)OC(=O)N1CCn2nc3c(c2C1)C(O)CCC=C3. The van der Waals surface area contributed by atoms with Crippen molar-refractivity contribution in [2.75, 3.05) is 6.54 Å². The van der Waals surface area contributed by atoms with E-state index in [9.17, 15) is 9.90 Å². The lowest BCUT2D eigenvalue weighted by Crippen LogP contribution is -2.41. The molecule has 0 bridgehead atoms. The fourth-order valence-corrected chi connectivity index (χ4v) is 2.92. The first kappa shape index (κ1) is 15.1. The summed E-state index contributed by atoms with van der Waals surface area (Å²) < 4.78 is 7.35. The Morgan fingerprint density at radius 1 is 1.41 bits per heavy atom. The molecule has 0 spiro atoms. The number of hydrogen-bond acceptors (Lipinski definition) is 4. The van der Waals surface area contributed by atoms with Gasteiger partial charge in [0.25, 0.3) is 0 Å². The van der Waals surface area contributed by atoms with Gasteiger partial charge in [-0.2, -0.15) is 5.10 Å². The molecule has 22 heavy (non-hydrogen) atoms. The van der Waals surface area contributed by atoms with Crippen molar-refractivity contribution in [1.82, 2.24) is 14.7 Å².